The molecule has 0 radical (unpaired) electrons. The predicted octanol–water partition coefficient (Wildman–Crippen LogP) is 3.30. The highest BCUT2D eigenvalue weighted by atomic mass is 32.2. The van der Waals surface area contributed by atoms with Gasteiger partial charge in [0.1, 0.15) is 6.04 Å². The number of benzene rings is 2. The first-order chi connectivity index (χ1) is 13.6. The minimum absolute atomic E-state index is 0.138. The summed E-state index contributed by atoms with van der Waals surface area (Å²) in [7, 11) is -3.86. The minimum atomic E-state index is -3.86. The molecule has 0 bridgehead atoms. The highest BCUT2D eigenvalue weighted by Crippen LogP contribution is 2.46. The molecule has 1 aliphatic carbocycles. The molecule has 1 fully saturated rings. The molecule has 0 saturated carbocycles. The number of allylic oxidation sites excluding steroid dienone is 2. The Bertz CT molecular complexity index is 1040. The van der Waals surface area contributed by atoms with Crippen LogP contribution in [0.1, 0.15) is 36.3 Å². The van der Waals surface area contributed by atoms with Gasteiger partial charge >= 0.3 is 0 Å². The van der Waals surface area contributed by atoms with Crippen LogP contribution in [-0.4, -0.2) is 36.5 Å². The molecule has 2 aromatic rings. The van der Waals surface area contributed by atoms with E-state index in [0.717, 1.165) is 30.4 Å². The number of hydrogen-bond acceptors (Lipinski definition) is 4. The molecule has 0 spiro atoms. The molecule has 1 aliphatic heterocycles. The first-order valence-electron chi connectivity index (χ1n) is 9.47. The molecule has 28 heavy (non-hydrogen) atoms. The molecule has 3 atom stereocenters. The van der Waals surface area contributed by atoms with Gasteiger partial charge in [0.05, 0.1) is 23.6 Å². The van der Waals surface area contributed by atoms with Gasteiger partial charge in [0.2, 0.25) is 10.0 Å². The fraction of sp³-hybridized carbons (Fsp3) is 0.318. The zero-order valence-electron chi connectivity index (χ0n) is 15.4. The lowest BCUT2D eigenvalue weighted by Crippen LogP contribution is -2.65. The molecule has 4 rings (SSSR count). The molecule has 5 nitrogen and oxygen atoms in total. The lowest BCUT2D eigenvalue weighted by atomic mass is 9.75. The van der Waals surface area contributed by atoms with Crippen LogP contribution in [0.2, 0.25) is 0 Å². The third kappa shape index (κ3) is 2.96. The Morgan fingerprint density at radius 2 is 1.82 bits per heavy atom. The van der Waals surface area contributed by atoms with Crippen LogP contribution in [0.4, 0.5) is 0 Å². The highest BCUT2D eigenvalue weighted by Gasteiger charge is 2.55. The summed E-state index contributed by atoms with van der Waals surface area (Å²) in [6, 6.07) is 16.6. The van der Waals surface area contributed by atoms with E-state index in [0.29, 0.717) is 0 Å². The smallest absolute Gasteiger partial charge is 0.244 e. The molecule has 6 heteroatoms. The number of hydrogen-bond donors (Lipinski definition) is 1. The van der Waals surface area contributed by atoms with Crippen molar-refractivity contribution in [1.29, 1.82) is 5.26 Å². The van der Waals surface area contributed by atoms with Crippen molar-refractivity contribution in [2.75, 3.05) is 6.61 Å². The summed E-state index contributed by atoms with van der Waals surface area (Å²) in [6.45, 7) is -0.331. The fourth-order valence-corrected chi connectivity index (χ4v) is 6.15. The van der Waals surface area contributed by atoms with Gasteiger partial charge in [-0.05, 0) is 48.1 Å². The van der Waals surface area contributed by atoms with Crippen LogP contribution >= 0.6 is 0 Å². The van der Waals surface area contributed by atoms with Crippen LogP contribution in [0.5, 0.6) is 0 Å². The van der Waals surface area contributed by atoms with Crippen molar-refractivity contribution in [2.45, 2.75) is 42.2 Å². The summed E-state index contributed by atoms with van der Waals surface area (Å²) in [4.78, 5) is 0.138. The number of nitrogens with zero attached hydrogens (tertiary/aromatic N) is 2. The number of sulfonamides is 1. The van der Waals surface area contributed by atoms with Gasteiger partial charge < -0.3 is 5.11 Å². The Labute approximate surface area is 165 Å². The van der Waals surface area contributed by atoms with Gasteiger partial charge in [-0.1, -0.05) is 48.5 Å². The first kappa shape index (κ1) is 18.9. The molecule has 2 aliphatic rings. The molecule has 0 amide bonds. The van der Waals surface area contributed by atoms with Crippen LogP contribution in [0, 0.1) is 11.3 Å². The summed E-state index contributed by atoms with van der Waals surface area (Å²) in [5.41, 5.74) is 3.26. The second kappa shape index (κ2) is 7.51. The standard InChI is InChI=1S/C22H22N2O3S/c23-14-20-22(19-13-7-6-12-18(19)16-8-4-5-9-16)21(15-25)24(20)28(26,27)17-10-2-1-3-11-17/h1-3,6-8,10-13,20-22,25H,4-5,9,15H2/t20-,21-,22+/m0/s1. The molecule has 0 unspecified atom stereocenters. The molecule has 1 N–H and O–H groups in total. The molecule has 144 valence electrons. The zero-order chi connectivity index (χ0) is 19.7. The van der Waals surface area contributed by atoms with Crippen molar-refractivity contribution in [3.05, 3.63) is 71.8 Å². The quantitative estimate of drug-likeness (QED) is 0.844. The number of rotatable bonds is 5. The lowest BCUT2D eigenvalue weighted by molar-refractivity contribution is 0.0555. The van der Waals surface area contributed by atoms with E-state index >= 15 is 0 Å². The average Bonchev–Trinajstić information content (AvgIpc) is 3.23. The Balaban J connectivity index is 1.75. The van der Waals surface area contributed by atoms with Crippen LogP contribution in [0.3, 0.4) is 0 Å². The maximum Gasteiger partial charge on any atom is 0.244 e. The summed E-state index contributed by atoms with van der Waals surface area (Å²) >= 11 is 0. The summed E-state index contributed by atoms with van der Waals surface area (Å²) in [6.07, 6.45) is 5.34. The third-order valence-corrected chi connectivity index (χ3v) is 7.62. The molecular weight excluding hydrogens is 372 g/mol. The Morgan fingerprint density at radius 1 is 1.11 bits per heavy atom. The van der Waals surface area contributed by atoms with Gasteiger partial charge in [-0.2, -0.15) is 9.57 Å². The molecule has 0 aromatic heterocycles. The molecule has 2 aromatic carbocycles. The topological polar surface area (TPSA) is 81.4 Å². The summed E-state index contributed by atoms with van der Waals surface area (Å²) < 4.78 is 27.4. The average molecular weight is 394 g/mol. The van der Waals surface area contributed by atoms with Crippen molar-refractivity contribution in [2.24, 2.45) is 0 Å². The molecule has 1 saturated heterocycles. The van der Waals surface area contributed by atoms with E-state index in [-0.39, 0.29) is 17.4 Å². The SMILES string of the molecule is N#C[C@H]1[C@@H](c2ccccc2C2=CCCC2)[C@H](CO)N1S(=O)(=O)c1ccccc1. The van der Waals surface area contributed by atoms with Crippen molar-refractivity contribution >= 4 is 15.6 Å². The predicted molar refractivity (Wildman–Crippen MR) is 107 cm³/mol. The highest BCUT2D eigenvalue weighted by molar-refractivity contribution is 7.89. The largest absolute Gasteiger partial charge is 0.395 e. The Hall–Kier alpha value is -2.46. The molecular formula is C22H22N2O3S. The maximum absolute atomic E-state index is 13.1. The fourth-order valence-electron chi connectivity index (χ4n) is 4.38. The summed E-state index contributed by atoms with van der Waals surface area (Å²) in [5, 5.41) is 19.9. The zero-order valence-corrected chi connectivity index (χ0v) is 16.2. The maximum atomic E-state index is 13.1. The summed E-state index contributed by atoms with van der Waals surface area (Å²) in [5.74, 6) is -0.355. The van der Waals surface area contributed by atoms with E-state index in [9.17, 15) is 18.8 Å². The number of aliphatic hydroxyl groups is 1. The van der Waals surface area contributed by atoms with Crippen LogP contribution in [0.15, 0.2) is 65.6 Å². The Morgan fingerprint density at radius 3 is 2.46 bits per heavy atom. The molecule has 1 heterocycles. The third-order valence-electron chi connectivity index (χ3n) is 5.70. The van der Waals surface area contributed by atoms with Crippen molar-refractivity contribution in [3.63, 3.8) is 0 Å². The number of nitriles is 1. The lowest BCUT2D eigenvalue weighted by Gasteiger charge is -2.50. The van der Waals surface area contributed by atoms with E-state index in [2.05, 4.69) is 12.1 Å². The Kier molecular flexibility index (Phi) is 5.07. The number of aliphatic hydroxyl groups excluding tert-OH is 1. The second-order valence-electron chi connectivity index (χ2n) is 7.21. The van der Waals surface area contributed by atoms with E-state index in [4.69, 9.17) is 0 Å². The monoisotopic (exact) mass is 394 g/mol. The van der Waals surface area contributed by atoms with Crippen LogP contribution in [0.25, 0.3) is 5.57 Å². The minimum Gasteiger partial charge on any atom is -0.395 e. The van der Waals surface area contributed by atoms with Crippen molar-refractivity contribution in [3.8, 4) is 6.07 Å². The van der Waals surface area contributed by atoms with E-state index < -0.39 is 22.1 Å². The first-order valence-corrected chi connectivity index (χ1v) is 10.9. The van der Waals surface area contributed by atoms with Gasteiger partial charge in [0.15, 0.2) is 0 Å². The second-order valence-corrected chi connectivity index (χ2v) is 9.05. The van der Waals surface area contributed by atoms with Crippen molar-refractivity contribution < 1.29 is 13.5 Å². The van der Waals surface area contributed by atoms with Crippen LogP contribution in [-0.2, 0) is 10.0 Å². The van der Waals surface area contributed by atoms with Gasteiger partial charge in [0, 0.05) is 5.92 Å². The van der Waals surface area contributed by atoms with Crippen molar-refractivity contribution in [1.82, 2.24) is 4.31 Å². The van der Waals surface area contributed by atoms with E-state index in [1.54, 1.807) is 18.2 Å². The van der Waals surface area contributed by atoms with E-state index in [1.165, 1.54) is 22.0 Å². The van der Waals surface area contributed by atoms with Gasteiger partial charge in [0.25, 0.3) is 0 Å². The van der Waals surface area contributed by atoms with Gasteiger partial charge in [-0.3, -0.25) is 0 Å². The van der Waals surface area contributed by atoms with E-state index in [1.807, 2.05) is 24.3 Å². The van der Waals surface area contributed by atoms with Gasteiger partial charge in [-0.15, -0.1) is 0 Å². The van der Waals surface area contributed by atoms with Gasteiger partial charge in [-0.25, -0.2) is 8.42 Å². The normalized spacial score (nSPS) is 25.0. The van der Waals surface area contributed by atoms with Crippen LogP contribution < -0.4 is 0 Å².